The van der Waals surface area contributed by atoms with Crippen molar-refractivity contribution in [1.82, 2.24) is 4.90 Å². The van der Waals surface area contributed by atoms with E-state index in [1.807, 2.05) is 13.8 Å². The average molecular weight is 201 g/mol. The summed E-state index contributed by atoms with van der Waals surface area (Å²) in [4.78, 5) is 2.31. The summed E-state index contributed by atoms with van der Waals surface area (Å²) in [6, 6.07) is 0.241. The number of likely N-dealkylation sites (tertiary alicyclic amines) is 1. The molecule has 1 saturated heterocycles. The highest BCUT2D eigenvalue weighted by Gasteiger charge is 2.26. The number of piperidine rings is 1. The zero-order valence-electron chi connectivity index (χ0n) is 9.48. The molecule has 3 unspecified atom stereocenters. The molecule has 1 rings (SSSR count). The Morgan fingerprint density at radius 3 is 1.93 bits per heavy atom. The summed E-state index contributed by atoms with van der Waals surface area (Å²) in [5.41, 5.74) is 0. The van der Waals surface area contributed by atoms with E-state index in [9.17, 15) is 10.2 Å². The Labute approximate surface area is 86.7 Å². The summed E-state index contributed by atoms with van der Waals surface area (Å²) in [7, 11) is 0. The summed E-state index contributed by atoms with van der Waals surface area (Å²) in [6.07, 6.45) is 1.65. The molecule has 0 aromatic rings. The van der Waals surface area contributed by atoms with E-state index in [1.54, 1.807) is 0 Å². The summed E-state index contributed by atoms with van der Waals surface area (Å²) < 4.78 is 0. The third-order valence-corrected chi connectivity index (χ3v) is 3.53. The quantitative estimate of drug-likeness (QED) is 0.711. The molecule has 0 amide bonds. The van der Waals surface area contributed by atoms with Gasteiger partial charge >= 0.3 is 0 Å². The summed E-state index contributed by atoms with van der Waals surface area (Å²) in [5.74, 6) is 0.451. The van der Waals surface area contributed by atoms with Gasteiger partial charge in [-0.2, -0.15) is 0 Å². The van der Waals surface area contributed by atoms with Crippen molar-refractivity contribution in [3.05, 3.63) is 0 Å². The molecule has 0 radical (unpaired) electrons. The van der Waals surface area contributed by atoms with E-state index in [0.29, 0.717) is 5.92 Å². The van der Waals surface area contributed by atoms with Crippen molar-refractivity contribution in [2.24, 2.45) is 5.92 Å². The van der Waals surface area contributed by atoms with Crippen LogP contribution in [0.25, 0.3) is 0 Å². The molecular formula is C11H23NO2. The standard InChI is InChI=1S/C11H23NO2/c1-8(9(2)13)12-6-4-11(5-7-12)10(3)14/h8-11,13-14H,4-7H2,1-3H3. The van der Waals surface area contributed by atoms with Crippen LogP contribution in [0.15, 0.2) is 0 Å². The Balaban J connectivity index is 2.35. The molecule has 0 bridgehead atoms. The lowest BCUT2D eigenvalue weighted by Gasteiger charge is -2.38. The van der Waals surface area contributed by atoms with Crippen LogP contribution in [0.4, 0.5) is 0 Å². The molecule has 2 N–H and O–H groups in total. The third-order valence-electron chi connectivity index (χ3n) is 3.53. The molecule has 0 aromatic heterocycles. The van der Waals surface area contributed by atoms with Crippen LogP contribution in [-0.4, -0.2) is 46.5 Å². The Morgan fingerprint density at radius 2 is 1.57 bits per heavy atom. The van der Waals surface area contributed by atoms with Crippen molar-refractivity contribution in [1.29, 1.82) is 0 Å². The van der Waals surface area contributed by atoms with E-state index < -0.39 is 0 Å². The third kappa shape index (κ3) is 2.94. The summed E-state index contributed by atoms with van der Waals surface area (Å²) in [6.45, 7) is 7.78. The lowest BCUT2D eigenvalue weighted by molar-refractivity contribution is 0.0220. The van der Waals surface area contributed by atoms with Gasteiger partial charge in [-0.05, 0) is 52.6 Å². The molecule has 1 fully saturated rings. The minimum Gasteiger partial charge on any atom is -0.393 e. The molecule has 3 atom stereocenters. The first-order chi connectivity index (χ1) is 6.52. The second-order valence-corrected chi connectivity index (χ2v) is 4.60. The molecule has 1 aliphatic rings. The largest absolute Gasteiger partial charge is 0.393 e. The maximum absolute atomic E-state index is 9.46. The van der Waals surface area contributed by atoms with Crippen molar-refractivity contribution < 1.29 is 10.2 Å². The minimum atomic E-state index is -0.266. The smallest absolute Gasteiger partial charge is 0.0664 e. The number of hydrogen-bond donors (Lipinski definition) is 2. The molecular weight excluding hydrogens is 178 g/mol. The van der Waals surface area contributed by atoms with Crippen LogP contribution in [0.5, 0.6) is 0 Å². The van der Waals surface area contributed by atoms with Crippen molar-refractivity contribution in [2.75, 3.05) is 13.1 Å². The van der Waals surface area contributed by atoms with Gasteiger partial charge < -0.3 is 10.2 Å². The maximum atomic E-state index is 9.46. The van der Waals surface area contributed by atoms with Crippen LogP contribution in [0.2, 0.25) is 0 Å². The molecule has 3 nitrogen and oxygen atoms in total. The van der Waals surface area contributed by atoms with Crippen LogP contribution in [0.1, 0.15) is 33.6 Å². The monoisotopic (exact) mass is 201 g/mol. The lowest BCUT2D eigenvalue weighted by atomic mass is 9.91. The van der Waals surface area contributed by atoms with Crippen LogP contribution in [0.3, 0.4) is 0 Å². The second-order valence-electron chi connectivity index (χ2n) is 4.60. The first-order valence-corrected chi connectivity index (χ1v) is 5.62. The van der Waals surface area contributed by atoms with Gasteiger partial charge in [-0.25, -0.2) is 0 Å². The van der Waals surface area contributed by atoms with Crippen molar-refractivity contribution in [2.45, 2.75) is 51.9 Å². The van der Waals surface area contributed by atoms with Gasteiger partial charge in [0.15, 0.2) is 0 Å². The Hall–Kier alpha value is -0.120. The zero-order valence-corrected chi connectivity index (χ0v) is 9.48. The van der Waals surface area contributed by atoms with Gasteiger partial charge in [0.25, 0.3) is 0 Å². The van der Waals surface area contributed by atoms with Gasteiger partial charge in [-0.15, -0.1) is 0 Å². The van der Waals surface area contributed by atoms with Gasteiger partial charge in [0.1, 0.15) is 0 Å². The van der Waals surface area contributed by atoms with Gasteiger partial charge in [-0.3, -0.25) is 4.90 Å². The topological polar surface area (TPSA) is 43.7 Å². The van der Waals surface area contributed by atoms with Crippen molar-refractivity contribution in [3.8, 4) is 0 Å². The van der Waals surface area contributed by atoms with Crippen molar-refractivity contribution in [3.63, 3.8) is 0 Å². The molecule has 1 aliphatic heterocycles. The minimum absolute atomic E-state index is 0.181. The maximum Gasteiger partial charge on any atom is 0.0664 e. The second kappa shape index (κ2) is 5.10. The molecule has 0 saturated carbocycles. The number of aliphatic hydroxyl groups is 2. The number of rotatable bonds is 3. The Bertz CT molecular complexity index is 163. The Morgan fingerprint density at radius 1 is 1.07 bits per heavy atom. The van der Waals surface area contributed by atoms with Crippen molar-refractivity contribution >= 4 is 0 Å². The molecule has 3 heteroatoms. The van der Waals surface area contributed by atoms with Crippen LogP contribution in [0, 0.1) is 5.92 Å². The molecule has 0 aliphatic carbocycles. The van der Waals surface area contributed by atoms with E-state index in [4.69, 9.17) is 0 Å². The van der Waals surface area contributed by atoms with Gasteiger partial charge in [0.2, 0.25) is 0 Å². The highest BCUT2D eigenvalue weighted by molar-refractivity contribution is 4.80. The normalized spacial score (nSPS) is 27.2. The van der Waals surface area contributed by atoms with E-state index in [1.165, 1.54) is 0 Å². The highest BCUT2D eigenvalue weighted by atomic mass is 16.3. The highest BCUT2D eigenvalue weighted by Crippen LogP contribution is 2.22. The fraction of sp³-hybridized carbons (Fsp3) is 1.00. The van der Waals surface area contributed by atoms with E-state index >= 15 is 0 Å². The average Bonchev–Trinajstić information content (AvgIpc) is 2.16. The predicted molar refractivity (Wildman–Crippen MR) is 57.1 cm³/mol. The Kier molecular flexibility index (Phi) is 4.35. The number of nitrogens with zero attached hydrogens (tertiary/aromatic N) is 1. The van der Waals surface area contributed by atoms with Gasteiger partial charge in [-0.1, -0.05) is 0 Å². The number of hydrogen-bond acceptors (Lipinski definition) is 3. The summed E-state index contributed by atoms with van der Waals surface area (Å²) in [5, 5.41) is 18.9. The van der Waals surface area contributed by atoms with Crippen LogP contribution >= 0.6 is 0 Å². The number of aliphatic hydroxyl groups excluding tert-OH is 2. The van der Waals surface area contributed by atoms with Crippen LogP contribution < -0.4 is 0 Å². The molecule has 84 valence electrons. The molecule has 0 spiro atoms. The molecule has 1 heterocycles. The lowest BCUT2D eigenvalue weighted by Crippen LogP contribution is -2.46. The fourth-order valence-corrected chi connectivity index (χ4v) is 2.11. The molecule has 14 heavy (non-hydrogen) atoms. The zero-order chi connectivity index (χ0) is 10.7. The first-order valence-electron chi connectivity index (χ1n) is 5.62. The molecule has 0 aromatic carbocycles. The van der Waals surface area contributed by atoms with E-state index in [2.05, 4.69) is 11.8 Å². The van der Waals surface area contributed by atoms with E-state index in [-0.39, 0.29) is 18.2 Å². The van der Waals surface area contributed by atoms with Gasteiger partial charge in [0.05, 0.1) is 12.2 Å². The SMILES string of the molecule is CC(O)C1CCN(C(C)C(C)O)CC1. The van der Waals surface area contributed by atoms with Crippen LogP contribution in [-0.2, 0) is 0 Å². The first kappa shape index (κ1) is 12.0. The predicted octanol–water partition coefficient (Wildman–Crippen LogP) is 0.848. The summed E-state index contributed by atoms with van der Waals surface area (Å²) >= 11 is 0. The van der Waals surface area contributed by atoms with E-state index in [0.717, 1.165) is 25.9 Å². The fourth-order valence-electron chi connectivity index (χ4n) is 2.11. The van der Waals surface area contributed by atoms with Gasteiger partial charge in [0, 0.05) is 6.04 Å².